The first-order valence-corrected chi connectivity index (χ1v) is 8.21. The Kier molecular flexibility index (Phi) is 5.06. The maximum atomic E-state index is 9.96. The third-order valence-corrected chi connectivity index (χ3v) is 4.25. The van der Waals surface area contributed by atoms with Crippen molar-refractivity contribution in [2.24, 2.45) is 5.10 Å². The monoisotopic (exact) mass is 333 g/mol. The molecular weight excluding hydrogens is 314 g/mol. The molecule has 8 heteroatoms. The molecule has 0 spiro atoms. The van der Waals surface area contributed by atoms with Gasteiger partial charge in [0.05, 0.1) is 19.4 Å². The largest absolute Gasteiger partial charge is 0.507 e. The first kappa shape index (κ1) is 15.7. The van der Waals surface area contributed by atoms with E-state index in [0.29, 0.717) is 16.5 Å². The van der Waals surface area contributed by atoms with Crippen molar-refractivity contribution in [2.45, 2.75) is 6.54 Å². The van der Waals surface area contributed by atoms with Crippen LogP contribution in [0.25, 0.3) is 0 Å². The second-order valence-electron chi connectivity index (χ2n) is 5.23. The molecular formula is C15H19N5O2S. The molecule has 23 heavy (non-hydrogen) atoms. The van der Waals surface area contributed by atoms with Gasteiger partial charge in [-0.15, -0.1) is 11.3 Å². The minimum absolute atomic E-state index is 0.194. The molecule has 0 bridgehead atoms. The van der Waals surface area contributed by atoms with Gasteiger partial charge in [0.15, 0.2) is 0 Å². The summed E-state index contributed by atoms with van der Waals surface area (Å²) in [5, 5.41) is 16.4. The highest BCUT2D eigenvalue weighted by atomic mass is 32.1. The van der Waals surface area contributed by atoms with E-state index in [1.54, 1.807) is 17.7 Å². The molecule has 1 aromatic carbocycles. The predicted octanol–water partition coefficient (Wildman–Crippen LogP) is 1.71. The van der Waals surface area contributed by atoms with Gasteiger partial charge >= 0.3 is 0 Å². The first-order chi connectivity index (χ1) is 11.2. The SMILES string of the molecule is Nc1csc(NN=Cc2cc(CN3CCOCC3)ccc2O)n1. The molecule has 0 atom stereocenters. The molecule has 0 saturated carbocycles. The van der Waals surface area contributed by atoms with Gasteiger partial charge in [-0.25, -0.2) is 4.98 Å². The molecule has 4 N–H and O–H groups in total. The fourth-order valence-electron chi connectivity index (χ4n) is 2.32. The number of rotatable bonds is 5. The van der Waals surface area contributed by atoms with Gasteiger partial charge in [-0.05, 0) is 17.7 Å². The lowest BCUT2D eigenvalue weighted by Gasteiger charge is -2.26. The van der Waals surface area contributed by atoms with Crippen molar-refractivity contribution < 1.29 is 9.84 Å². The van der Waals surface area contributed by atoms with Crippen LogP contribution in [0.2, 0.25) is 0 Å². The number of anilines is 2. The lowest BCUT2D eigenvalue weighted by atomic mass is 10.1. The number of phenolic OH excluding ortho intramolecular Hbond substituents is 1. The van der Waals surface area contributed by atoms with Crippen molar-refractivity contribution in [3.63, 3.8) is 0 Å². The summed E-state index contributed by atoms with van der Waals surface area (Å²) < 4.78 is 5.35. The van der Waals surface area contributed by atoms with E-state index >= 15 is 0 Å². The molecule has 1 aromatic heterocycles. The fourth-order valence-corrected chi connectivity index (χ4v) is 2.87. The molecule has 2 heterocycles. The summed E-state index contributed by atoms with van der Waals surface area (Å²) in [6.45, 7) is 4.23. The van der Waals surface area contributed by atoms with Gasteiger partial charge in [0.2, 0.25) is 5.13 Å². The number of phenols is 1. The molecule has 1 saturated heterocycles. The number of aromatic nitrogens is 1. The number of aromatic hydroxyl groups is 1. The number of hydrogen-bond donors (Lipinski definition) is 3. The Balaban J connectivity index is 1.64. The van der Waals surface area contributed by atoms with Crippen LogP contribution in [0, 0.1) is 0 Å². The molecule has 7 nitrogen and oxygen atoms in total. The molecule has 0 unspecified atom stereocenters. The van der Waals surface area contributed by atoms with Gasteiger partial charge in [-0.1, -0.05) is 6.07 Å². The molecule has 3 rings (SSSR count). The van der Waals surface area contributed by atoms with Gasteiger partial charge in [0.1, 0.15) is 11.6 Å². The summed E-state index contributed by atoms with van der Waals surface area (Å²) in [7, 11) is 0. The minimum Gasteiger partial charge on any atom is -0.507 e. The van der Waals surface area contributed by atoms with Gasteiger partial charge in [-0.3, -0.25) is 10.3 Å². The minimum atomic E-state index is 0.194. The number of nitrogens with two attached hydrogens (primary N) is 1. The van der Waals surface area contributed by atoms with E-state index in [2.05, 4.69) is 20.4 Å². The van der Waals surface area contributed by atoms with Gasteiger partial charge in [0, 0.05) is 30.6 Å². The number of nitrogens with one attached hydrogen (secondary N) is 1. The number of ether oxygens (including phenoxy) is 1. The molecule has 0 amide bonds. The molecule has 1 aliphatic heterocycles. The van der Waals surface area contributed by atoms with Gasteiger partial charge < -0.3 is 15.6 Å². The Bertz CT molecular complexity index is 682. The quantitative estimate of drug-likeness (QED) is 0.569. The summed E-state index contributed by atoms with van der Waals surface area (Å²) in [4.78, 5) is 6.38. The van der Waals surface area contributed by atoms with Crippen molar-refractivity contribution in [2.75, 3.05) is 37.5 Å². The summed E-state index contributed by atoms with van der Waals surface area (Å²) in [6, 6.07) is 5.56. The van der Waals surface area contributed by atoms with Crippen molar-refractivity contribution >= 4 is 28.5 Å². The number of hydrazone groups is 1. The third-order valence-electron chi connectivity index (χ3n) is 3.49. The number of hydrogen-bond acceptors (Lipinski definition) is 8. The van der Waals surface area contributed by atoms with E-state index in [1.807, 2.05) is 12.1 Å². The third kappa shape index (κ3) is 4.41. The first-order valence-electron chi connectivity index (χ1n) is 7.33. The van der Waals surface area contributed by atoms with Crippen LogP contribution in [0.3, 0.4) is 0 Å². The summed E-state index contributed by atoms with van der Waals surface area (Å²) in [6.07, 6.45) is 1.58. The highest BCUT2D eigenvalue weighted by Gasteiger charge is 2.11. The molecule has 1 aliphatic rings. The van der Waals surface area contributed by atoms with E-state index < -0.39 is 0 Å². The molecule has 1 fully saturated rings. The van der Waals surface area contributed by atoms with Crippen molar-refractivity contribution in [1.29, 1.82) is 0 Å². The van der Waals surface area contributed by atoms with E-state index in [9.17, 15) is 5.11 Å². The zero-order valence-corrected chi connectivity index (χ0v) is 13.4. The second kappa shape index (κ2) is 7.40. The van der Waals surface area contributed by atoms with E-state index in [-0.39, 0.29) is 5.75 Å². The van der Waals surface area contributed by atoms with Crippen LogP contribution in [-0.4, -0.2) is 47.5 Å². The summed E-state index contributed by atoms with van der Waals surface area (Å²) in [5.41, 5.74) is 10.1. The van der Waals surface area contributed by atoms with Crippen LogP contribution < -0.4 is 11.2 Å². The fraction of sp³-hybridized carbons (Fsp3) is 0.333. The average Bonchev–Trinajstić information content (AvgIpc) is 2.97. The average molecular weight is 333 g/mol. The van der Waals surface area contributed by atoms with Gasteiger partial charge in [0.25, 0.3) is 0 Å². The number of morpholine rings is 1. The highest BCUT2D eigenvalue weighted by molar-refractivity contribution is 7.14. The Morgan fingerprint density at radius 1 is 1.43 bits per heavy atom. The van der Waals surface area contributed by atoms with Crippen LogP contribution in [0.15, 0.2) is 28.7 Å². The van der Waals surface area contributed by atoms with E-state index in [4.69, 9.17) is 10.5 Å². The molecule has 122 valence electrons. The maximum absolute atomic E-state index is 9.96. The number of benzene rings is 1. The smallest absolute Gasteiger partial charge is 0.205 e. The lowest BCUT2D eigenvalue weighted by Crippen LogP contribution is -2.35. The molecule has 0 aliphatic carbocycles. The van der Waals surface area contributed by atoms with Gasteiger partial charge in [-0.2, -0.15) is 5.10 Å². The lowest BCUT2D eigenvalue weighted by molar-refractivity contribution is 0.0342. The summed E-state index contributed by atoms with van der Waals surface area (Å²) >= 11 is 1.37. The second-order valence-corrected chi connectivity index (χ2v) is 6.09. The predicted molar refractivity (Wildman–Crippen MR) is 91.9 cm³/mol. The number of nitrogens with zero attached hydrogens (tertiary/aromatic N) is 3. The normalized spacial score (nSPS) is 16.0. The molecule has 2 aromatic rings. The van der Waals surface area contributed by atoms with Crippen LogP contribution in [0.1, 0.15) is 11.1 Å². The standard InChI is InChI=1S/C15H19N5O2S/c16-14-10-23-15(18-14)19-17-8-12-7-11(1-2-13(12)21)9-20-3-5-22-6-4-20/h1-2,7-8,10,21H,3-6,9,16H2,(H,18,19). The van der Waals surface area contributed by atoms with Crippen molar-refractivity contribution in [1.82, 2.24) is 9.88 Å². The number of nitrogen functional groups attached to an aromatic ring is 1. The van der Waals surface area contributed by atoms with Crippen molar-refractivity contribution in [3.05, 3.63) is 34.7 Å². The van der Waals surface area contributed by atoms with Crippen molar-refractivity contribution in [3.8, 4) is 5.75 Å². The Morgan fingerprint density at radius 3 is 3.00 bits per heavy atom. The zero-order chi connectivity index (χ0) is 16.1. The summed E-state index contributed by atoms with van der Waals surface area (Å²) in [5.74, 6) is 0.656. The Morgan fingerprint density at radius 2 is 2.26 bits per heavy atom. The molecule has 0 radical (unpaired) electrons. The maximum Gasteiger partial charge on any atom is 0.205 e. The van der Waals surface area contributed by atoms with Crippen LogP contribution in [-0.2, 0) is 11.3 Å². The zero-order valence-electron chi connectivity index (χ0n) is 12.6. The number of thiazole rings is 1. The van der Waals surface area contributed by atoms with Crippen LogP contribution in [0.4, 0.5) is 10.9 Å². The Labute approximate surface area is 138 Å². The highest BCUT2D eigenvalue weighted by Crippen LogP contribution is 2.19. The topological polar surface area (TPSA) is 96.0 Å². The Hall–Kier alpha value is -2.16. The van der Waals surface area contributed by atoms with Crippen LogP contribution >= 0.6 is 11.3 Å². The van der Waals surface area contributed by atoms with E-state index in [1.165, 1.54) is 11.3 Å². The van der Waals surface area contributed by atoms with E-state index in [0.717, 1.165) is 38.4 Å². The van der Waals surface area contributed by atoms with Crippen LogP contribution in [0.5, 0.6) is 5.75 Å².